The number of aliphatic hydroxyl groups is 1. The van der Waals surface area contributed by atoms with Gasteiger partial charge in [-0.25, -0.2) is 0 Å². The van der Waals surface area contributed by atoms with Gasteiger partial charge in [0, 0.05) is 46.6 Å². The summed E-state index contributed by atoms with van der Waals surface area (Å²) in [7, 11) is 1.51. The van der Waals surface area contributed by atoms with Crippen LogP contribution in [0.2, 0.25) is 0 Å². The molecule has 1 unspecified atom stereocenters. The average molecular weight is 435 g/mol. The molecule has 1 saturated heterocycles. The number of para-hydroxylation sites is 3. The van der Waals surface area contributed by atoms with Gasteiger partial charge in [-0.3, -0.25) is 14.6 Å². The number of piperazine rings is 1. The molecule has 1 aliphatic rings. The number of nitrogens with zero attached hydrogens (tertiary/aromatic N) is 2. The second kappa shape index (κ2) is 11.1. The SMILES string of the molecule is [2H]C(O)(COc1ccccc1OC)CN1CCN(CC(=O)Nc2c(C([2H])([2H])[2H])cccc2C([2H])([2H])[2H])CC1. The summed E-state index contributed by atoms with van der Waals surface area (Å²) in [4.78, 5) is 16.5. The highest BCUT2D eigenvalue weighted by molar-refractivity contribution is 5.93. The van der Waals surface area contributed by atoms with Gasteiger partial charge in [0.25, 0.3) is 0 Å². The Morgan fingerprint density at radius 3 is 2.39 bits per heavy atom. The quantitative estimate of drug-likeness (QED) is 0.631. The van der Waals surface area contributed by atoms with Crippen LogP contribution < -0.4 is 14.8 Å². The number of rotatable bonds is 9. The molecule has 0 saturated carbocycles. The molecule has 0 radical (unpaired) electrons. The largest absolute Gasteiger partial charge is 0.493 e. The number of nitrogens with one attached hydrogen (secondary N) is 1. The minimum atomic E-state index is -2.60. The highest BCUT2D eigenvalue weighted by atomic mass is 16.5. The summed E-state index contributed by atoms with van der Waals surface area (Å²) in [6.45, 7) is -3.60. The van der Waals surface area contributed by atoms with Gasteiger partial charge in [0.15, 0.2) is 11.5 Å². The van der Waals surface area contributed by atoms with Crippen LogP contribution in [-0.4, -0.2) is 79.9 Å². The summed E-state index contributed by atoms with van der Waals surface area (Å²) in [5.74, 6) is 0.406. The monoisotopic (exact) mass is 434 g/mol. The fourth-order valence-electron chi connectivity index (χ4n) is 3.38. The maximum atomic E-state index is 12.8. The standard InChI is InChI=1S/C24H33N3O4/c1-18-7-6-8-19(2)24(18)25-23(29)16-27-13-11-26(12-14-27)15-20(28)17-31-22-10-5-4-9-21(22)30-3/h4-10,20,28H,11-17H2,1-3H3,(H,25,29)/i1D3,2D3,20D. The molecule has 3 rings (SSSR count). The van der Waals surface area contributed by atoms with Crippen molar-refractivity contribution in [3.05, 3.63) is 53.6 Å². The summed E-state index contributed by atoms with van der Waals surface area (Å²) in [6.07, 6.45) is -1.87. The molecule has 1 aliphatic heterocycles. The van der Waals surface area contributed by atoms with E-state index in [1.165, 1.54) is 25.3 Å². The minimum Gasteiger partial charge on any atom is -0.493 e. The molecule has 0 spiro atoms. The Hall–Kier alpha value is -2.61. The van der Waals surface area contributed by atoms with Crippen molar-refractivity contribution >= 4 is 11.6 Å². The molecule has 2 aromatic carbocycles. The van der Waals surface area contributed by atoms with Gasteiger partial charge in [0.2, 0.25) is 5.91 Å². The number of carbonyl (C=O) groups is 1. The van der Waals surface area contributed by atoms with Gasteiger partial charge in [0.05, 0.1) is 15.0 Å². The lowest BCUT2D eigenvalue weighted by Gasteiger charge is -2.35. The summed E-state index contributed by atoms with van der Waals surface area (Å²) in [6, 6.07) is 10.9. The zero-order valence-electron chi connectivity index (χ0n) is 24.6. The lowest BCUT2D eigenvalue weighted by atomic mass is 10.1. The Morgan fingerprint density at radius 1 is 1.10 bits per heavy atom. The highest BCUT2D eigenvalue weighted by Gasteiger charge is 2.21. The lowest BCUT2D eigenvalue weighted by molar-refractivity contribution is -0.117. The van der Waals surface area contributed by atoms with E-state index in [1.807, 2.05) is 9.80 Å². The fourth-order valence-corrected chi connectivity index (χ4v) is 3.38. The van der Waals surface area contributed by atoms with Gasteiger partial charge in [-0.2, -0.15) is 0 Å². The molecule has 1 heterocycles. The van der Waals surface area contributed by atoms with Crippen molar-refractivity contribution in [2.75, 3.05) is 58.3 Å². The number of methoxy groups -OCH3 is 1. The number of amides is 1. The number of hydrogen-bond donors (Lipinski definition) is 2. The van der Waals surface area contributed by atoms with E-state index in [1.54, 1.807) is 24.3 Å². The first-order valence-electron chi connectivity index (χ1n) is 13.6. The molecule has 0 aliphatic carbocycles. The molecule has 168 valence electrons. The molecule has 31 heavy (non-hydrogen) atoms. The number of β-amino-alcohol motifs (C(OH)–C–C–N with tert-alkyl or cyclic N) is 1. The lowest BCUT2D eigenvalue weighted by Crippen LogP contribution is -2.50. The van der Waals surface area contributed by atoms with Crippen molar-refractivity contribution in [1.29, 1.82) is 0 Å². The molecular formula is C24H33N3O4. The number of anilines is 1. The number of aryl methyl sites for hydroxylation is 2. The predicted molar refractivity (Wildman–Crippen MR) is 122 cm³/mol. The van der Waals surface area contributed by atoms with Crippen LogP contribution >= 0.6 is 0 Å². The Bertz CT molecular complexity index is 1070. The molecule has 7 nitrogen and oxygen atoms in total. The van der Waals surface area contributed by atoms with Crippen LogP contribution in [0.1, 0.15) is 20.7 Å². The molecular weight excluding hydrogens is 394 g/mol. The van der Waals surface area contributed by atoms with Gasteiger partial charge in [-0.1, -0.05) is 30.3 Å². The van der Waals surface area contributed by atoms with Gasteiger partial charge < -0.3 is 19.9 Å². The van der Waals surface area contributed by atoms with Crippen LogP contribution in [0.15, 0.2) is 42.5 Å². The highest BCUT2D eigenvalue weighted by Crippen LogP contribution is 2.25. The smallest absolute Gasteiger partial charge is 0.238 e. The Balaban J connectivity index is 1.54. The van der Waals surface area contributed by atoms with Crippen LogP contribution in [-0.2, 0) is 4.79 Å². The molecule has 0 aromatic heterocycles. The number of hydrogen-bond acceptors (Lipinski definition) is 6. The summed E-state index contributed by atoms with van der Waals surface area (Å²) >= 11 is 0. The molecule has 1 amide bonds. The average Bonchev–Trinajstić information content (AvgIpc) is 2.82. The van der Waals surface area contributed by atoms with E-state index in [-0.39, 0.29) is 36.5 Å². The van der Waals surface area contributed by atoms with Gasteiger partial charge in [-0.05, 0) is 37.0 Å². The normalized spacial score (nSPS) is 21.2. The van der Waals surface area contributed by atoms with E-state index in [0.29, 0.717) is 37.7 Å². The summed E-state index contributed by atoms with van der Waals surface area (Å²) in [5, 5.41) is 13.1. The van der Waals surface area contributed by atoms with Gasteiger partial charge >= 0.3 is 0 Å². The zero-order valence-corrected chi connectivity index (χ0v) is 17.6. The summed E-state index contributed by atoms with van der Waals surface area (Å²) < 4.78 is 65.5. The maximum Gasteiger partial charge on any atom is 0.238 e. The van der Waals surface area contributed by atoms with Crippen molar-refractivity contribution in [2.24, 2.45) is 0 Å². The third-order valence-corrected chi connectivity index (χ3v) is 5.03. The Morgan fingerprint density at radius 2 is 1.74 bits per heavy atom. The van der Waals surface area contributed by atoms with Crippen molar-refractivity contribution < 1.29 is 29.0 Å². The number of benzene rings is 2. The van der Waals surface area contributed by atoms with Crippen molar-refractivity contribution in [2.45, 2.75) is 19.8 Å². The van der Waals surface area contributed by atoms with Crippen LogP contribution in [0.4, 0.5) is 5.69 Å². The van der Waals surface area contributed by atoms with E-state index in [2.05, 4.69) is 5.32 Å². The third kappa shape index (κ3) is 6.69. The molecule has 1 atom stereocenters. The maximum absolute atomic E-state index is 12.8. The molecule has 1 fully saturated rings. The predicted octanol–water partition coefficient (Wildman–Crippen LogP) is 2.31. The first-order valence-corrected chi connectivity index (χ1v) is 10.1. The minimum absolute atomic E-state index is 0.0378. The van der Waals surface area contributed by atoms with Crippen LogP contribution in [0.5, 0.6) is 11.5 Å². The van der Waals surface area contributed by atoms with E-state index in [9.17, 15) is 9.90 Å². The van der Waals surface area contributed by atoms with E-state index >= 15 is 0 Å². The Labute approximate surface area is 194 Å². The fraction of sp³-hybridized carbons (Fsp3) is 0.458. The molecule has 0 bridgehead atoms. The second-order valence-corrected chi connectivity index (χ2v) is 7.33. The second-order valence-electron chi connectivity index (χ2n) is 7.33. The van der Waals surface area contributed by atoms with Crippen LogP contribution in [0, 0.1) is 13.7 Å². The van der Waals surface area contributed by atoms with Gasteiger partial charge in [-0.15, -0.1) is 0 Å². The van der Waals surface area contributed by atoms with E-state index in [0.717, 1.165) is 0 Å². The number of ether oxygens (including phenoxy) is 2. The first-order chi connectivity index (χ1) is 17.7. The number of carbonyl (C=O) groups excluding carboxylic acids is 1. The van der Waals surface area contributed by atoms with E-state index < -0.39 is 25.7 Å². The molecule has 7 heteroatoms. The Kier molecular flexibility index (Phi) is 5.47. The van der Waals surface area contributed by atoms with Crippen molar-refractivity contribution in [3.8, 4) is 11.5 Å². The van der Waals surface area contributed by atoms with Crippen molar-refractivity contribution in [3.63, 3.8) is 0 Å². The molecule has 2 N–H and O–H groups in total. The summed E-state index contributed by atoms with van der Waals surface area (Å²) in [5.41, 5.74) is -0.658. The van der Waals surface area contributed by atoms with Gasteiger partial charge in [0.1, 0.15) is 12.7 Å². The van der Waals surface area contributed by atoms with Crippen molar-refractivity contribution in [1.82, 2.24) is 9.80 Å². The molecule has 2 aromatic rings. The van der Waals surface area contributed by atoms with E-state index in [4.69, 9.17) is 19.1 Å². The first kappa shape index (κ1) is 15.2. The zero-order chi connectivity index (χ0) is 28.1. The topological polar surface area (TPSA) is 74.3 Å². The van der Waals surface area contributed by atoms with Crippen LogP contribution in [0.3, 0.4) is 0 Å². The van der Waals surface area contributed by atoms with Crippen LogP contribution in [0.25, 0.3) is 0 Å². The third-order valence-electron chi connectivity index (χ3n) is 5.03.